The number of hydrogen-bond acceptors (Lipinski definition) is 4. The second-order valence-electron chi connectivity index (χ2n) is 7.02. The number of halogens is 1. The Morgan fingerprint density at radius 3 is 2.44 bits per heavy atom. The molecule has 1 aliphatic carbocycles. The highest BCUT2D eigenvalue weighted by molar-refractivity contribution is 6.30. The Kier molecular flexibility index (Phi) is 6.07. The fourth-order valence-electron chi connectivity index (χ4n) is 2.90. The Hall–Kier alpha value is -2.06. The second-order valence-corrected chi connectivity index (χ2v) is 7.45. The van der Waals surface area contributed by atoms with Gasteiger partial charge in [0.25, 0.3) is 5.91 Å². The van der Waals surface area contributed by atoms with E-state index in [0.717, 1.165) is 18.4 Å². The molecule has 1 aromatic rings. The molecule has 6 heteroatoms. The number of carbonyl (C=O) groups is 2. The van der Waals surface area contributed by atoms with Gasteiger partial charge in [0.2, 0.25) is 0 Å². The Morgan fingerprint density at radius 2 is 1.96 bits per heavy atom. The molecule has 1 saturated carbocycles. The number of carbonyl (C=O) groups excluding carboxylic acids is 2. The molecule has 1 N–H and O–H groups in total. The van der Waals surface area contributed by atoms with Crippen LogP contribution in [0.2, 0.25) is 5.02 Å². The minimum Gasteiger partial charge on any atom is -0.455 e. The van der Waals surface area contributed by atoms with Crippen LogP contribution in [0.3, 0.4) is 0 Å². The lowest BCUT2D eigenvalue weighted by Crippen LogP contribution is -2.48. The van der Waals surface area contributed by atoms with Gasteiger partial charge in [-0.15, -0.1) is 0 Å². The van der Waals surface area contributed by atoms with Gasteiger partial charge in [0, 0.05) is 5.02 Å². The molecule has 0 aromatic heterocycles. The van der Waals surface area contributed by atoms with E-state index in [1.165, 1.54) is 0 Å². The number of nitrogens with zero attached hydrogens (tertiary/aromatic N) is 1. The summed E-state index contributed by atoms with van der Waals surface area (Å²) in [5, 5.41) is 12.5. The number of ether oxygens (including phenoxy) is 1. The lowest BCUT2D eigenvalue weighted by Gasteiger charge is -2.23. The van der Waals surface area contributed by atoms with Gasteiger partial charge in [0.1, 0.15) is 5.54 Å². The summed E-state index contributed by atoms with van der Waals surface area (Å²) < 4.78 is 5.21. The van der Waals surface area contributed by atoms with Gasteiger partial charge in [-0.2, -0.15) is 5.26 Å². The van der Waals surface area contributed by atoms with E-state index in [9.17, 15) is 14.9 Å². The number of nitrogens with one attached hydrogen (secondary N) is 1. The lowest BCUT2D eigenvalue weighted by molar-refractivity contribution is -0.151. The van der Waals surface area contributed by atoms with E-state index in [1.54, 1.807) is 31.2 Å². The fourth-order valence-corrected chi connectivity index (χ4v) is 3.02. The molecule has 2 rings (SSSR count). The summed E-state index contributed by atoms with van der Waals surface area (Å²) in [6.07, 6.45) is 1.85. The lowest BCUT2D eigenvalue weighted by atomic mass is 9.88. The zero-order valence-electron chi connectivity index (χ0n) is 14.7. The molecule has 25 heavy (non-hydrogen) atoms. The molecule has 0 unspecified atom stereocenters. The summed E-state index contributed by atoms with van der Waals surface area (Å²) in [6.45, 7) is 5.15. The highest BCUT2D eigenvalue weighted by Crippen LogP contribution is 2.39. The molecule has 1 aliphatic rings. The molecule has 0 radical (unpaired) electrons. The van der Waals surface area contributed by atoms with Crippen molar-refractivity contribution in [1.82, 2.24) is 5.32 Å². The molecule has 1 amide bonds. The average Bonchev–Trinajstić information content (AvgIpc) is 3.40. The zero-order chi connectivity index (χ0) is 18.6. The van der Waals surface area contributed by atoms with Gasteiger partial charge in [-0.1, -0.05) is 37.6 Å². The zero-order valence-corrected chi connectivity index (χ0v) is 15.5. The van der Waals surface area contributed by atoms with Crippen LogP contribution in [-0.2, 0) is 14.3 Å². The Labute approximate surface area is 153 Å². The molecule has 0 heterocycles. The van der Waals surface area contributed by atoms with Crippen molar-refractivity contribution >= 4 is 23.5 Å². The highest BCUT2D eigenvalue weighted by Gasteiger charge is 2.43. The number of nitriles is 1. The van der Waals surface area contributed by atoms with Crippen LogP contribution in [0.15, 0.2) is 24.3 Å². The van der Waals surface area contributed by atoms with Crippen LogP contribution in [0.5, 0.6) is 0 Å². The first-order valence-corrected chi connectivity index (χ1v) is 8.79. The largest absolute Gasteiger partial charge is 0.455 e. The standard InChI is InChI=1S/C19H23ClN2O3/c1-12(2)17(13-4-8-15(20)9-5-13)18(24)25-10-16(23)22-19(3,11-21)14-6-7-14/h4-5,8-9,12,14,17H,6-7,10H2,1-3H3,(H,22,23)/t17-,19-/m0/s1. The van der Waals surface area contributed by atoms with Crippen LogP contribution in [0.25, 0.3) is 0 Å². The smallest absolute Gasteiger partial charge is 0.314 e. The number of esters is 1. The number of hydrogen-bond donors (Lipinski definition) is 1. The topological polar surface area (TPSA) is 79.2 Å². The first-order valence-electron chi connectivity index (χ1n) is 8.41. The first-order chi connectivity index (χ1) is 11.8. The first kappa shape index (κ1) is 19.3. The number of benzene rings is 1. The van der Waals surface area contributed by atoms with Crippen LogP contribution >= 0.6 is 11.6 Å². The Balaban J connectivity index is 1.96. The molecule has 0 aliphatic heterocycles. The van der Waals surface area contributed by atoms with Crippen molar-refractivity contribution in [3.05, 3.63) is 34.9 Å². The summed E-state index contributed by atoms with van der Waals surface area (Å²) in [6, 6.07) is 9.16. The van der Waals surface area contributed by atoms with Crippen molar-refractivity contribution in [2.75, 3.05) is 6.61 Å². The van der Waals surface area contributed by atoms with Gasteiger partial charge in [-0.05, 0) is 49.3 Å². The maximum Gasteiger partial charge on any atom is 0.314 e. The third kappa shape index (κ3) is 4.96. The maximum atomic E-state index is 12.5. The molecule has 0 spiro atoms. The molecule has 2 atom stereocenters. The predicted octanol–water partition coefficient (Wildman–Crippen LogP) is 3.43. The average molecular weight is 363 g/mol. The van der Waals surface area contributed by atoms with E-state index >= 15 is 0 Å². The van der Waals surface area contributed by atoms with E-state index in [4.69, 9.17) is 16.3 Å². The van der Waals surface area contributed by atoms with Crippen LogP contribution in [0.1, 0.15) is 45.1 Å². The molecule has 134 valence electrons. The van der Waals surface area contributed by atoms with Crippen molar-refractivity contribution in [2.24, 2.45) is 11.8 Å². The van der Waals surface area contributed by atoms with E-state index < -0.39 is 23.3 Å². The third-order valence-electron chi connectivity index (χ3n) is 4.52. The van der Waals surface area contributed by atoms with Crippen molar-refractivity contribution < 1.29 is 14.3 Å². The highest BCUT2D eigenvalue weighted by atomic mass is 35.5. The minimum absolute atomic E-state index is 0.00701. The monoisotopic (exact) mass is 362 g/mol. The fraction of sp³-hybridized carbons (Fsp3) is 0.526. The molecule has 0 saturated heterocycles. The van der Waals surface area contributed by atoms with Crippen LogP contribution in [0, 0.1) is 23.2 Å². The van der Waals surface area contributed by atoms with Gasteiger partial charge < -0.3 is 10.1 Å². The summed E-state index contributed by atoms with van der Waals surface area (Å²) >= 11 is 5.89. The SMILES string of the molecule is CC(C)[C@H](C(=O)OCC(=O)N[C@@](C)(C#N)C1CC1)c1ccc(Cl)cc1. The quantitative estimate of drug-likeness (QED) is 0.753. The summed E-state index contributed by atoms with van der Waals surface area (Å²) in [4.78, 5) is 24.5. The van der Waals surface area contributed by atoms with Crippen molar-refractivity contribution in [3.63, 3.8) is 0 Å². The van der Waals surface area contributed by atoms with E-state index in [-0.39, 0.29) is 18.4 Å². The number of rotatable bonds is 7. The van der Waals surface area contributed by atoms with Crippen LogP contribution in [0.4, 0.5) is 0 Å². The van der Waals surface area contributed by atoms with Crippen molar-refractivity contribution in [3.8, 4) is 6.07 Å². The van der Waals surface area contributed by atoms with Crippen molar-refractivity contribution in [1.29, 1.82) is 5.26 Å². The summed E-state index contributed by atoms with van der Waals surface area (Å²) in [5.74, 6) is -1.21. The minimum atomic E-state index is -0.892. The molecular weight excluding hydrogens is 340 g/mol. The molecule has 0 bridgehead atoms. The van der Waals surface area contributed by atoms with Crippen LogP contribution in [-0.4, -0.2) is 24.0 Å². The maximum absolute atomic E-state index is 12.5. The third-order valence-corrected chi connectivity index (χ3v) is 4.77. The Bertz CT molecular complexity index is 677. The summed E-state index contributed by atoms with van der Waals surface area (Å²) in [5.41, 5.74) is -0.0958. The van der Waals surface area contributed by atoms with Gasteiger partial charge in [-0.3, -0.25) is 9.59 Å². The molecule has 1 aromatic carbocycles. The van der Waals surface area contributed by atoms with Gasteiger partial charge in [0.05, 0.1) is 12.0 Å². The van der Waals surface area contributed by atoms with Gasteiger partial charge in [0.15, 0.2) is 6.61 Å². The summed E-state index contributed by atoms with van der Waals surface area (Å²) in [7, 11) is 0. The van der Waals surface area contributed by atoms with Crippen LogP contribution < -0.4 is 5.32 Å². The van der Waals surface area contributed by atoms with Crippen molar-refractivity contribution in [2.45, 2.75) is 45.1 Å². The number of amides is 1. The molecule has 1 fully saturated rings. The van der Waals surface area contributed by atoms with Gasteiger partial charge >= 0.3 is 5.97 Å². The Morgan fingerprint density at radius 1 is 1.36 bits per heavy atom. The second kappa shape index (κ2) is 7.88. The van der Waals surface area contributed by atoms with E-state index in [2.05, 4.69) is 11.4 Å². The molecular formula is C19H23ClN2O3. The predicted molar refractivity (Wildman–Crippen MR) is 94.9 cm³/mol. The van der Waals surface area contributed by atoms with E-state index in [1.807, 2.05) is 13.8 Å². The molecule has 5 nitrogen and oxygen atoms in total. The normalized spacial score (nSPS) is 17.3. The van der Waals surface area contributed by atoms with Gasteiger partial charge in [-0.25, -0.2) is 0 Å². The van der Waals surface area contributed by atoms with E-state index in [0.29, 0.717) is 5.02 Å².